The highest BCUT2D eigenvalue weighted by Gasteiger charge is 2.56. The van der Waals surface area contributed by atoms with Gasteiger partial charge in [-0.2, -0.15) is 15.5 Å². The topological polar surface area (TPSA) is 104 Å². The molecule has 186 valence electrons. The number of aromatic nitrogens is 5. The standard InChI is InChI=1S/C28H28N8O/c1-17(2)27(37)33-28(3)22-8-23(28)16-35(15-22)25-6-5-18(10-30-25)24-7-19(21-12-31-34(4)13-21)14-36-26(24)20(9-29)11-32-36/h5-7,10-14,22-23H,1,8,15-16H2,2-4H3,(H,33,37). The van der Waals surface area contributed by atoms with Crippen LogP contribution < -0.4 is 10.2 Å². The van der Waals surface area contributed by atoms with E-state index in [0.29, 0.717) is 23.0 Å². The molecule has 7 rings (SSSR count). The van der Waals surface area contributed by atoms with Crippen LogP contribution in [0.15, 0.2) is 61.3 Å². The third-order valence-corrected chi connectivity index (χ3v) is 8.07. The van der Waals surface area contributed by atoms with E-state index in [4.69, 9.17) is 4.98 Å². The summed E-state index contributed by atoms with van der Waals surface area (Å²) in [6.07, 6.45) is 10.3. The SMILES string of the molecule is C=C(C)C(=O)NC1(C)C2CC1CN(c1ccc(-c3cc(-c4cnn(C)c4)cn4ncc(C#N)c34)cn1)C2. The first kappa shape index (κ1) is 23.0. The summed E-state index contributed by atoms with van der Waals surface area (Å²) in [6, 6.07) is 8.43. The average Bonchev–Trinajstić information content (AvgIpc) is 3.54. The molecule has 9 nitrogen and oxygen atoms in total. The second-order valence-corrected chi connectivity index (χ2v) is 10.5. The van der Waals surface area contributed by atoms with Crippen LogP contribution in [-0.4, -0.2) is 48.9 Å². The Bertz CT molecular complexity index is 1580. The molecular formula is C28H28N8O. The Hall–Kier alpha value is -4.45. The Labute approximate surface area is 215 Å². The molecule has 0 aromatic carbocycles. The maximum atomic E-state index is 12.3. The van der Waals surface area contributed by atoms with E-state index < -0.39 is 0 Å². The molecule has 2 saturated heterocycles. The number of aryl methyl sites for hydroxylation is 1. The number of carbonyl (C=O) groups is 1. The number of hydrogen-bond donors (Lipinski definition) is 1. The van der Waals surface area contributed by atoms with Crippen molar-refractivity contribution in [2.75, 3.05) is 18.0 Å². The average molecular weight is 493 g/mol. The smallest absolute Gasteiger partial charge is 0.246 e. The summed E-state index contributed by atoms with van der Waals surface area (Å²) in [5, 5.41) is 21.6. The van der Waals surface area contributed by atoms with Crippen molar-refractivity contribution >= 4 is 17.2 Å². The summed E-state index contributed by atoms with van der Waals surface area (Å²) in [5.41, 5.74) is 5.36. The van der Waals surface area contributed by atoms with Gasteiger partial charge in [0.25, 0.3) is 0 Å². The van der Waals surface area contributed by atoms with Crippen molar-refractivity contribution in [3.05, 3.63) is 66.9 Å². The van der Waals surface area contributed by atoms with Crippen molar-refractivity contribution in [3.63, 3.8) is 0 Å². The third-order valence-electron chi connectivity index (χ3n) is 8.07. The summed E-state index contributed by atoms with van der Waals surface area (Å²) >= 11 is 0. The van der Waals surface area contributed by atoms with Crippen molar-refractivity contribution in [1.82, 2.24) is 29.7 Å². The summed E-state index contributed by atoms with van der Waals surface area (Å²) in [7, 11) is 1.88. The van der Waals surface area contributed by atoms with Gasteiger partial charge < -0.3 is 10.2 Å². The zero-order chi connectivity index (χ0) is 25.9. The molecule has 2 atom stereocenters. The van der Waals surface area contributed by atoms with Gasteiger partial charge in [0.2, 0.25) is 5.91 Å². The molecule has 3 fully saturated rings. The largest absolute Gasteiger partial charge is 0.356 e. The lowest BCUT2D eigenvalue weighted by Crippen LogP contribution is -2.72. The Morgan fingerprint density at radius 1 is 1.14 bits per heavy atom. The fourth-order valence-electron chi connectivity index (χ4n) is 5.77. The van der Waals surface area contributed by atoms with Crippen LogP contribution in [0.25, 0.3) is 27.8 Å². The van der Waals surface area contributed by atoms with E-state index in [1.165, 1.54) is 0 Å². The third kappa shape index (κ3) is 3.68. The molecule has 4 aromatic rings. The summed E-state index contributed by atoms with van der Waals surface area (Å²) in [5.74, 6) is 1.60. The predicted octanol–water partition coefficient (Wildman–Crippen LogP) is 3.58. The van der Waals surface area contributed by atoms with Crippen LogP contribution in [0.2, 0.25) is 0 Å². The van der Waals surface area contributed by atoms with Crippen LogP contribution in [0.3, 0.4) is 0 Å². The minimum absolute atomic E-state index is 0.0652. The van der Waals surface area contributed by atoms with Gasteiger partial charge in [0.15, 0.2) is 0 Å². The molecular weight excluding hydrogens is 464 g/mol. The lowest BCUT2D eigenvalue weighted by Gasteiger charge is -2.61. The molecule has 2 bridgehead atoms. The minimum atomic E-state index is -0.194. The van der Waals surface area contributed by atoms with E-state index in [1.807, 2.05) is 37.9 Å². The number of pyridine rings is 2. The zero-order valence-electron chi connectivity index (χ0n) is 21.1. The van der Waals surface area contributed by atoms with Gasteiger partial charge in [0.05, 0.1) is 23.5 Å². The summed E-state index contributed by atoms with van der Waals surface area (Å²) in [4.78, 5) is 19.4. The first-order valence-electron chi connectivity index (χ1n) is 12.4. The first-order chi connectivity index (χ1) is 17.8. The van der Waals surface area contributed by atoms with Gasteiger partial charge in [-0.3, -0.25) is 9.48 Å². The molecule has 2 aliphatic heterocycles. The van der Waals surface area contributed by atoms with E-state index in [0.717, 1.165) is 53.1 Å². The van der Waals surface area contributed by atoms with E-state index >= 15 is 0 Å². The second kappa shape index (κ2) is 8.30. The molecule has 1 aliphatic carbocycles. The highest BCUT2D eigenvalue weighted by atomic mass is 16.1. The second-order valence-electron chi connectivity index (χ2n) is 10.5. The first-order valence-corrected chi connectivity index (χ1v) is 12.4. The summed E-state index contributed by atoms with van der Waals surface area (Å²) < 4.78 is 3.51. The molecule has 4 aromatic heterocycles. The van der Waals surface area contributed by atoms with Gasteiger partial charge >= 0.3 is 0 Å². The Morgan fingerprint density at radius 2 is 1.92 bits per heavy atom. The van der Waals surface area contributed by atoms with Gasteiger partial charge in [-0.15, -0.1) is 0 Å². The molecule has 6 heterocycles. The molecule has 2 unspecified atom stereocenters. The Balaban J connectivity index is 1.29. The van der Waals surface area contributed by atoms with Gasteiger partial charge in [-0.1, -0.05) is 6.58 Å². The van der Waals surface area contributed by atoms with Crippen molar-refractivity contribution in [3.8, 4) is 28.3 Å². The van der Waals surface area contributed by atoms with Gasteiger partial charge in [-0.05, 0) is 38.5 Å². The van der Waals surface area contributed by atoms with Crippen molar-refractivity contribution in [1.29, 1.82) is 5.26 Å². The number of anilines is 1. The molecule has 9 heteroatoms. The van der Waals surface area contributed by atoms with Crippen LogP contribution in [0, 0.1) is 23.2 Å². The van der Waals surface area contributed by atoms with Crippen LogP contribution in [0.1, 0.15) is 25.8 Å². The fourth-order valence-corrected chi connectivity index (χ4v) is 5.77. The maximum absolute atomic E-state index is 12.3. The van der Waals surface area contributed by atoms with E-state index in [-0.39, 0.29) is 11.4 Å². The molecule has 3 aliphatic rings. The lowest BCUT2D eigenvalue weighted by molar-refractivity contribution is -0.124. The zero-order valence-corrected chi connectivity index (χ0v) is 21.1. The predicted molar refractivity (Wildman–Crippen MR) is 141 cm³/mol. The quantitative estimate of drug-likeness (QED) is 0.427. The number of nitrogens with one attached hydrogen (secondary N) is 1. The number of fused-ring (bicyclic) bond motifs is 3. The van der Waals surface area contributed by atoms with Gasteiger partial charge in [0.1, 0.15) is 11.9 Å². The molecule has 1 N–H and O–H groups in total. The van der Waals surface area contributed by atoms with Gasteiger partial charge in [0, 0.05) is 83.9 Å². The van der Waals surface area contributed by atoms with Crippen LogP contribution >= 0.6 is 0 Å². The molecule has 1 amide bonds. The number of piperidine rings is 2. The highest BCUT2D eigenvalue weighted by Crippen LogP contribution is 2.49. The number of hydrogen-bond acceptors (Lipinski definition) is 6. The lowest BCUT2D eigenvalue weighted by atomic mass is 9.56. The number of amides is 1. The van der Waals surface area contributed by atoms with Crippen molar-refractivity contribution in [2.45, 2.75) is 25.8 Å². The Morgan fingerprint density at radius 3 is 2.54 bits per heavy atom. The monoisotopic (exact) mass is 492 g/mol. The minimum Gasteiger partial charge on any atom is -0.356 e. The van der Waals surface area contributed by atoms with E-state index in [2.05, 4.69) is 52.1 Å². The number of rotatable bonds is 5. The van der Waals surface area contributed by atoms with Gasteiger partial charge in [-0.25, -0.2) is 9.50 Å². The fraction of sp³-hybridized carbons (Fsp3) is 0.321. The van der Waals surface area contributed by atoms with Crippen LogP contribution in [0.5, 0.6) is 0 Å². The molecule has 37 heavy (non-hydrogen) atoms. The van der Waals surface area contributed by atoms with E-state index in [9.17, 15) is 10.1 Å². The summed E-state index contributed by atoms with van der Waals surface area (Å²) in [6.45, 7) is 9.36. The highest BCUT2D eigenvalue weighted by molar-refractivity contribution is 5.93. The number of carbonyl (C=O) groups excluding carboxylic acids is 1. The van der Waals surface area contributed by atoms with Crippen LogP contribution in [0.4, 0.5) is 5.82 Å². The van der Waals surface area contributed by atoms with Crippen LogP contribution in [-0.2, 0) is 11.8 Å². The Kier molecular flexibility index (Phi) is 5.16. The van der Waals surface area contributed by atoms with E-state index in [1.54, 1.807) is 22.3 Å². The number of nitriles is 1. The number of nitrogens with zero attached hydrogens (tertiary/aromatic N) is 7. The molecule has 0 spiro atoms. The van der Waals surface area contributed by atoms with Crippen molar-refractivity contribution in [2.24, 2.45) is 18.9 Å². The maximum Gasteiger partial charge on any atom is 0.246 e. The molecule has 1 saturated carbocycles. The molecule has 0 radical (unpaired) electrons. The van der Waals surface area contributed by atoms with Crippen molar-refractivity contribution < 1.29 is 4.79 Å². The normalized spacial score (nSPS) is 22.4.